The number of amides is 1. The molecule has 2 aromatic rings. The Balaban J connectivity index is 1.55. The summed E-state index contributed by atoms with van der Waals surface area (Å²) >= 11 is 0. The third-order valence-corrected chi connectivity index (χ3v) is 7.73. The van der Waals surface area contributed by atoms with Gasteiger partial charge >= 0.3 is 0 Å². The minimum Gasteiger partial charge on any atom is -0.307 e. The van der Waals surface area contributed by atoms with Crippen LogP contribution in [0.2, 0.25) is 0 Å². The van der Waals surface area contributed by atoms with Gasteiger partial charge in [0.05, 0.1) is 24.2 Å². The average molecular weight is 495 g/mol. The summed E-state index contributed by atoms with van der Waals surface area (Å²) in [4.78, 5) is 45.4. The van der Waals surface area contributed by atoms with Crippen molar-refractivity contribution in [3.63, 3.8) is 0 Å². The fourth-order valence-corrected chi connectivity index (χ4v) is 6.06. The Morgan fingerprint density at radius 3 is 2.70 bits per heavy atom. The smallest absolute Gasteiger partial charge is 0.227 e. The first kappa shape index (κ1) is 24.7. The van der Waals surface area contributed by atoms with E-state index < -0.39 is 12.0 Å². The maximum Gasteiger partial charge on any atom is 0.227 e. The molecule has 188 valence electrons. The first-order valence-electron chi connectivity index (χ1n) is 12.9. The highest BCUT2D eigenvalue weighted by molar-refractivity contribution is 6.12. The van der Waals surface area contributed by atoms with Gasteiger partial charge < -0.3 is 4.90 Å². The van der Waals surface area contributed by atoms with Crippen molar-refractivity contribution in [2.75, 3.05) is 4.90 Å². The molecule has 1 heterocycles. The first-order valence-corrected chi connectivity index (χ1v) is 12.9. The van der Waals surface area contributed by atoms with Crippen LogP contribution in [-0.4, -0.2) is 23.5 Å². The number of nitrogens with zero attached hydrogens (tertiary/aromatic N) is 4. The van der Waals surface area contributed by atoms with Crippen LogP contribution in [0.1, 0.15) is 66.4 Å². The minimum absolute atomic E-state index is 0.0556. The fourth-order valence-electron chi connectivity index (χ4n) is 6.06. The maximum absolute atomic E-state index is 14.0. The summed E-state index contributed by atoms with van der Waals surface area (Å²) in [6, 6.07) is 14.4. The average Bonchev–Trinajstić information content (AvgIpc) is 2.91. The van der Waals surface area contributed by atoms with Gasteiger partial charge in [-0.15, -0.1) is 0 Å². The molecule has 5 rings (SSSR count). The summed E-state index contributed by atoms with van der Waals surface area (Å²) in [6.45, 7) is 2.28. The molecule has 1 fully saturated rings. The van der Waals surface area contributed by atoms with Gasteiger partial charge in [-0.1, -0.05) is 72.2 Å². The second kappa shape index (κ2) is 10.6. The van der Waals surface area contributed by atoms with Crippen LogP contribution in [0.5, 0.6) is 0 Å². The van der Waals surface area contributed by atoms with E-state index in [1.54, 1.807) is 23.1 Å². The highest BCUT2D eigenvalue weighted by Gasteiger charge is 2.50. The number of anilines is 1. The maximum atomic E-state index is 14.0. The van der Waals surface area contributed by atoms with Crippen molar-refractivity contribution in [1.82, 2.24) is 0 Å². The summed E-state index contributed by atoms with van der Waals surface area (Å²) in [5.41, 5.74) is 12.5. The number of hydrogen-bond acceptors (Lipinski definition) is 4. The standard InChI is InChI=1S/C30H30N4O3/c1-19-6-5-7-20(14-19)11-13-28(36)34-26-12-10-21(18-32-33-31)15-25(26)30(37)29-24(16-23(35)17-27(29)34)22-8-3-2-4-9-22/h2-5,7-10,12,14-15,19,24,27,29H,6,11,13,16-18H2,1H3. The number of carbonyl (C=O) groups excluding carboxylic acids is 3. The third kappa shape index (κ3) is 5.00. The number of benzene rings is 2. The fraction of sp³-hybridized carbons (Fsp3) is 0.367. The number of rotatable bonds is 6. The number of allylic oxidation sites excluding steroid dienone is 4. The van der Waals surface area contributed by atoms with E-state index in [4.69, 9.17) is 5.53 Å². The lowest BCUT2D eigenvalue weighted by molar-refractivity contribution is -0.123. The molecule has 7 nitrogen and oxygen atoms in total. The van der Waals surface area contributed by atoms with E-state index >= 15 is 0 Å². The number of ketones is 2. The van der Waals surface area contributed by atoms with Crippen LogP contribution in [0.15, 0.2) is 77.4 Å². The molecule has 0 bridgehead atoms. The summed E-state index contributed by atoms with van der Waals surface area (Å²) in [6.07, 6.45) is 8.80. The summed E-state index contributed by atoms with van der Waals surface area (Å²) in [5, 5.41) is 3.64. The van der Waals surface area contributed by atoms with Crippen LogP contribution in [0.3, 0.4) is 0 Å². The van der Waals surface area contributed by atoms with Gasteiger partial charge in [0.25, 0.3) is 0 Å². The van der Waals surface area contributed by atoms with Crippen LogP contribution >= 0.6 is 0 Å². The molecule has 0 aromatic heterocycles. The topological polar surface area (TPSA) is 103 Å². The molecule has 4 unspecified atom stereocenters. The molecule has 1 amide bonds. The molecule has 0 spiro atoms. The lowest BCUT2D eigenvalue weighted by atomic mass is 9.66. The van der Waals surface area contributed by atoms with Crippen LogP contribution in [0.25, 0.3) is 10.4 Å². The number of Topliss-reactive ketones (excluding diaryl/α,β-unsaturated/α-hetero) is 2. The highest BCUT2D eigenvalue weighted by atomic mass is 16.2. The second-order valence-electron chi connectivity index (χ2n) is 10.3. The normalized spacial score (nSPS) is 24.6. The molecule has 7 heteroatoms. The molecule has 0 N–H and O–H groups in total. The monoisotopic (exact) mass is 494 g/mol. The third-order valence-electron chi connectivity index (χ3n) is 7.73. The van der Waals surface area contributed by atoms with E-state index in [2.05, 4.69) is 35.2 Å². The van der Waals surface area contributed by atoms with Crippen LogP contribution in [-0.2, 0) is 16.1 Å². The Labute approximate surface area is 216 Å². The van der Waals surface area contributed by atoms with Crippen molar-refractivity contribution in [3.8, 4) is 0 Å². The van der Waals surface area contributed by atoms with E-state index in [0.717, 1.165) is 17.6 Å². The van der Waals surface area contributed by atoms with E-state index in [-0.39, 0.29) is 42.8 Å². The van der Waals surface area contributed by atoms with Crippen molar-refractivity contribution in [2.45, 2.75) is 57.5 Å². The van der Waals surface area contributed by atoms with E-state index in [1.165, 1.54) is 0 Å². The van der Waals surface area contributed by atoms with Crippen molar-refractivity contribution in [1.29, 1.82) is 0 Å². The Bertz CT molecular complexity index is 1340. The largest absolute Gasteiger partial charge is 0.307 e. The zero-order chi connectivity index (χ0) is 25.9. The van der Waals surface area contributed by atoms with E-state index in [9.17, 15) is 14.4 Å². The first-order chi connectivity index (χ1) is 18.0. The molecule has 1 aliphatic heterocycles. The SMILES string of the molecule is CC1C=C(CCC(=O)N2c3ccc(CN=[N+]=[N-])cc3C(=O)C3C(c4ccccc4)CC(=O)CC32)C=CC1. The minimum atomic E-state index is -0.517. The Morgan fingerprint density at radius 1 is 1.14 bits per heavy atom. The summed E-state index contributed by atoms with van der Waals surface area (Å²) in [5.74, 6) is -0.435. The molecule has 0 radical (unpaired) electrons. The highest BCUT2D eigenvalue weighted by Crippen LogP contribution is 2.47. The predicted octanol–water partition coefficient (Wildman–Crippen LogP) is 6.46. The van der Waals surface area contributed by atoms with Gasteiger partial charge in [0, 0.05) is 35.7 Å². The number of hydrogen-bond donors (Lipinski definition) is 0. The molecule has 1 saturated carbocycles. The Morgan fingerprint density at radius 2 is 1.95 bits per heavy atom. The van der Waals surface area contributed by atoms with Crippen molar-refractivity contribution >= 4 is 23.2 Å². The molecule has 3 aliphatic rings. The molecular formula is C30H30N4O3. The van der Waals surface area contributed by atoms with Gasteiger partial charge in [-0.3, -0.25) is 14.4 Å². The quantitative estimate of drug-likeness (QED) is 0.261. The lowest BCUT2D eigenvalue weighted by Gasteiger charge is -2.47. The van der Waals surface area contributed by atoms with Crippen LogP contribution < -0.4 is 4.90 Å². The molecule has 4 atom stereocenters. The molecule has 2 aliphatic carbocycles. The second-order valence-corrected chi connectivity index (χ2v) is 10.3. The summed E-state index contributed by atoms with van der Waals surface area (Å²) < 4.78 is 0. The van der Waals surface area contributed by atoms with Gasteiger partial charge in [0.2, 0.25) is 5.91 Å². The van der Waals surface area contributed by atoms with Crippen LogP contribution in [0, 0.1) is 11.8 Å². The van der Waals surface area contributed by atoms with Crippen molar-refractivity contribution in [2.24, 2.45) is 17.0 Å². The van der Waals surface area contributed by atoms with Crippen LogP contribution in [0.4, 0.5) is 5.69 Å². The van der Waals surface area contributed by atoms with E-state index in [1.807, 2.05) is 30.3 Å². The molecular weight excluding hydrogens is 464 g/mol. The summed E-state index contributed by atoms with van der Waals surface area (Å²) in [7, 11) is 0. The zero-order valence-corrected chi connectivity index (χ0v) is 20.9. The van der Waals surface area contributed by atoms with Gasteiger partial charge in [-0.2, -0.15) is 0 Å². The van der Waals surface area contributed by atoms with Gasteiger partial charge in [-0.05, 0) is 47.6 Å². The number of azide groups is 1. The Hall–Kier alpha value is -3.96. The van der Waals surface area contributed by atoms with Crippen molar-refractivity contribution < 1.29 is 14.4 Å². The van der Waals surface area contributed by atoms with E-state index in [0.29, 0.717) is 35.6 Å². The van der Waals surface area contributed by atoms with Crippen molar-refractivity contribution in [3.05, 3.63) is 99.5 Å². The van der Waals surface area contributed by atoms with Gasteiger partial charge in [-0.25, -0.2) is 0 Å². The Kier molecular flexibility index (Phi) is 7.06. The molecule has 37 heavy (non-hydrogen) atoms. The number of fused-ring (bicyclic) bond motifs is 2. The predicted molar refractivity (Wildman–Crippen MR) is 142 cm³/mol. The zero-order valence-electron chi connectivity index (χ0n) is 20.9. The van der Waals surface area contributed by atoms with Gasteiger partial charge in [0.15, 0.2) is 5.78 Å². The molecule has 0 saturated heterocycles. The lowest BCUT2D eigenvalue weighted by Crippen LogP contribution is -2.56. The molecule has 2 aromatic carbocycles. The number of carbonyl (C=O) groups is 3. The van der Waals surface area contributed by atoms with Gasteiger partial charge in [0.1, 0.15) is 5.78 Å².